The van der Waals surface area contributed by atoms with Crippen LogP contribution in [0.15, 0.2) is 0 Å². The number of rotatable bonds is 3. The molecule has 0 saturated heterocycles. The van der Waals surface area contributed by atoms with Gasteiger partial charge in [-0.1, -0.05) is 0 Å². The molecule has 1 atom stereocenters. The highest BCUT2D eigenvalue weighted by Crippen LogP contribution is 1.87. The first-order valence-electron chi connectivity index (χ1n) is 2.43. The summed E-state index contributed by atoms with van der Waals surface area (Å²) in [6, 6.07) is 0. The van der Waals surface area contributed by atoms with Gasteiger partial charge in [0.15, 0.2) is 5.97 Å². The van der Waals surface area contributed by atoms with Crippen molar-refractivity contribution in [3.8, 4) is 0 Å². The summed E-state index contributed by atoms with van der Waals surface area (Å²) in [6.07, 6.45) is 1.36. The molecule has 0 aliphatic carbocycles. The van der Waals surface area contributed by atoms with Gasteiger partial charge in [-0.25, -0.2) is 0 Å². The summed E-state index contributed by atoms with van der Waals surface area (Å²) in [5.74, 6) is 1.41. The van der Waals surface area contributed by atoms with Crippen LogP contribution in [0.4, 0.5) is 0 Å². The summed E-state index contributed by atoms with van der Waals surface area (Å²) >= 11 is 0. The molecule has 0 bridgehead atoms. The van der Waals surface area contributed by atoms with E-state index in [1.807, 2.05) is 0 Å². The lowest BCUT2D eigenvalue weighted by molar-refractivity contribution is -0.138. The maximum absolute atomic E-state index is 10.3. The lowest BCUT2D eigenvalue weighted by atomic mass is 10.8. The van der Waals surface area contributed by atoms with E-state index in [1.54, 1.807) is 6.92 Å². The molecule has 0 aromatic rings. The molecule has 4 heteroatoms. The fourth-order valence-corrected chi connectivity index (χ4v) is 0.572. The van der Waals surface area contributed by atoms with Crippen molar-refractivity contribution in [3.05, 3.63) is 5.75 Å². The maximum Gasteiger partial charge on any atom is 0.155 e. The summed E-state index contributed by atoms with van der Waals surface area (Å²) in [5.41, 5.74) is 0. The Balaban J connectivity index is 3.39. The monoisotopic (exact) mass is 148 g/mol. The zero-order chi connectivity index (χ0) is 7.28. The van der Waals surface area contributed by atoms with E-state index in [4.69, 9.17) is 0 Å². The highest BCUT2D eigenvalue weighted by Gasteiger charge is 1.84. The van der Waals surface area contributed by atoms with Crippen LogP contribution in [-0.2, 0) is 20.3 Å². The predicted molar refractivity (Wildman–Crippen MR) is 33.9 cm³/mol. The predicted octanol–water partition coefficient (Wildman–Crippen LogP) is -0.0332. The minimum Gasteiger partial charge on any atom is -0.490 e. The molecule has 3 nitrogen and oxygen atoms in total. The van der Waals surface area contributed by atoms with E-state index in [9.17, 15) is 9.00 Å². The Morgan fingerprint density at radius 1 is 1.78 bits per heavy atom. The molecule has 0 aliphatic rings. The molecule has 9 heavy (non-hydrogen) atoms. The SMILES string of the molecule is CCOC(=O)[C-]S(C)=O. The first-order chi connectivity index (χ1) is 4.16. The summed E-state index contributed by atoms with van der Waals surface area (Å²) < 4.78 is 14.6. The fraction of sp³-hybridized carbons (Fsp3) is 0.600. The van der Waals surface area contributed by atoms with Crippen molar-refractivity contribution in [1.82, 2.24) is 0 Å². The molecule has 0 spiro atoms. The lowest BCUT2D eigenvalue weighted by Crippen LogP contribution is -2.06. The molecule has 0 N–H and O–H groups in total. The van der Waals surface area contributed by atoms with E-state index in [1.165, 1.54) is 6.26 Å². The third-order valence-electron chi connectivity index (χ3n) is 0.502. The van der Waals surface area contributed by atoms with Crippen LogP contribution >= 0.6 is 0 Å². The van der Waals surface area contributed by atoms with Gasteiger partial charge in [0.2, 0.25) is 0 Å². The van der Waals surface area contributed by atoms with Crippen LogP contribution in [0.5, 0.6) is 0 Å². The van der Waals surface area contributed by atoms with Crippen molar-refractivity contribution in [2.24, 2.45) is 0 Å². The lowest BCUT2D eigenvalue weighted by Gasteiger charge is -2.11. The molecule has 0 aromatic carbocycles. The standard InChI is InChI=1S/C5H8O3S/c1-3-8-5(6)4-9(2)7/h3H2,1-2H3/q-1. The van der Waals surface area contributed by atoms with E-state index < -0.39 is 16.8 Å². The van der Waals surface area contributed by atoms with E-state index in [2.05, 4.69) is 10.5 Å². The van der Waals surface area contributed by atoms with Gasteiger partial charge in [-0.15, -0.1) is 10.8 Å². The van der Waals surface area contributed by atoms with Gasteiger partial charge in [0.1, 0.15) is 0 Å². The third kappa shape index (κ3) is 5.36. The molecule has 0 aliphatic heterocycles. The van der Waals surface area contributed by atoms with Crippen LogP contribution in [-0.4, -0.2) is 23.0 Å². The van der Waals surface area contributed by atoms with E-state index in [0.717, 1.165) is 0 Å². The molecular weight excluding hydrogens is 140 g/mol. The van der Waals surface area contributed by atoms with Crippen LogP contribution < -0.4 is 0 Å². The second-order valence-corrected chi connectivity index (χ2v) is 2.39. The second-order valence-electron chi connectivity index (χ2n) is 1.28. The Morgan fingerprint density at radius 2 is 2.33 bits per heavy atom. The second kappa shape index (κ2) is 4.38. The molecule has 53 valence electrons. The quantitative estimate of drug-likeness (QED) is 0.417. The molecule has 0 fully saturated rings. The van der Waals surface area contributed by atoms with Gasteiger partial charge >= 0.3 is 0 Å². The largest absolute Gasteiger partial charge is 0.490 e. The van der Waals surface area contributed by atoms with Gasteiger partial charge in [0, 0.05) is 0 Å². The molecule has 0 rings (SSSR count). The molecule has 0 aromatic heterocycles. The van der Waals surface area contributed by atoms with Gasteiger partial charge in [-0.3, -0.25) is 9.00 Å². The summed E-state index contributed by atoms with van der Waals surface area (Å²) in [6.45, 7) is 1.97. The Hall–Kier alpha value is -0.510. The third-order valence-corrected chi connectivity index (χ3v) is 0.957. The number of esters is 1. The first kappa shape index (κ1) is 8.49. The number of ether oxygens (including phenoxy) is 1. The number of hydrogen-bond donors (Lipinski definition) is 0. The Kier molecular flexibility index (Phi) is 4.13. The zero-order valence-corrected chi connectivity index (χ0v) is 6.16. The van der Waals surface area contributed by atoms with Crippen molar-refractivity contribution in [1.29, 1.82) is 0 Å². The average Bonchev–Trinajstić information content (AvgIpc) is 1.63. The number of carbonyl (C=O) groups excluding carboxylic acids is 1. The van der Waals surface area contributed by atoms with Crippen LogP contribution in [0.2, 0.25) is 0 Å². The minimum absolute atomic E-state index is 0.295. The van der Waals surface area contributed by atoms with E-state index in [-0.39, 0.29) is 0 Å². The number of carbonyl (C=O) groups is 1. The van der Waals surface area contributed by atoms with Gasteiger partial charge in [-0.2, -0.15) is 0 Å². The van der Waals surface area contributed by atoms with Crippen molar-refractivity contribution in [2.45, 2.75) is 6.92 Å². The summed E-state index contributed by atoms with van der Waals surface area (Å²) in [4.78, 5) is 10.3. The van der Waals surface area contributed by atoms with Crippen LogP contribution in [0.3, 0.4) is 0 Å². The minimum atomic E-state index is -1.32. The van der Waals surface area contributed by atoms with E-state index in [0.29, 0.717) is 6.61 Å². The summed E-state index contributed by atoms with van der Waals surface area (Å²) in [5, 5.41) is 0. The summed E-state index contributed by atoms with van der Waals surface area (Å²) in [7, 11) is -1.32. The molecule has 0 amide bonds. The van der Waals surface area contributed by atoms with Crippen molar-refractivity contribution < 1.29 is 13.7 Å². The van der Waals surface area contributed by atoms with Gasteiger partial charge < -0.3 is 10.5 Å². The normalized spacial score (nSPS) is 12.2. The van der Waals surface area contributed by atoms with Crippen molar-refractivity contribution >= 4 is 16.8 Å². The van der Waals surface area contributed by atoms with Crippen molar-refractivity contribution in [2.75, 3.05) is 12.9 Å². The van der Waals surface area contributed by atoms with Gasteiger partial charge in [-0.05, 0) is 13.2 Å². The molecule has 0 saturated carbocycles. The Morgan fingerprint density at radius 3 is 2.67 bits per heavy atom. The number of hydrogen-bond acceptors (Lipinski definition) is 3. The van der Waals surface area contributed by atoms with Crippen LogP contribution in [0.25, 0.3) is 0 Å². The maximum atomic E-state index is 10.3. The molecule has 1 unspecified atom stereocenters. The molecular formula is C5H8O3S-. The van der Waals surface area contributed by atoms with Gasteiger partial charge in [0.25, 0.3) is 0 Å². The fourth-order valence-electron chi connectivity index (χ4n) is 0.278. The highest BCUT2D eigenvalue weighted by molar-refractivity contribution is 7.87. The average molecular weight is 148 g/mol. The van der Waals surface area contributed by atoms with E-state index >= 15 is 0 Å². The highest BCUT2D eigenvalue weighted by atomic mass is 32.2. The zero-order valence-electron chi connectivity index (χ0n) is 5.34. The Labute approximate surface area is 56.8 Å². The van der Waals surface area contributed by atoms with Gasteiger partial charge in [0.05, 0.1) is 6.61 Å². The van der Waals surface area contributed by atoms with Crippen molar-refractivity contribution in [3.63, 3.8) is 0 Å². The molecule has 0 heterocycles. The first-order valence-corrected chi connectivity index (χ1v) is 3.99. The van der Waals surface area contributed by atoms with Crippen LogP contribution in [0.1, 0.15) is 6.92 Å². The smallest absolute Gasteiger partial charge is 0.155 e. The Bertz CT molecular complexity index is 121. The van der Waals surface area contributed by atoms with Crippen LogP contribution in [0, 0.1) is 5.75 Å². The molecule has 1 radical (unpaired) electrons. The topological polar surface area (TPSA) is 43.4 Å².